The normalized spacial score (nSPS) is 28.9. The first-order valence-electron chi connectivity index (χ1n) is 7.25. The van der Waals surface area contributed by atoms with Gasteiger partial charge in [0.2, 0.25) is 0 Å². The Hall–Kier alpha value is -1.03. The quantitative estimate of drug-likeness (QED) is 0.891. The van der Waals surface area contributed by atoms with Crippen LogP contribution >= 0.6 is 0 Å². The Morgan fingerprint density at radius 2 is 2.33 bits per heavy atom. The minimum atomic E-state index is 0.492. The minimum absolute atomic E-state index is 0.492. The maximum atomic E-state index is 5.92. The predicted molar refractivity (Wildman–Crippen MR) is 71.6 cm³/mol. The molecule has 4 heteroatoms. The third kappa shape index (κ3) is 2.53. The molecule has 0 bridgehead atoms. The van der Waals surface area contributed by atoms with E-state index in [1.54, 1.807) is 0 Å². The molecule has 0 aromatic carbocycles. The third-order valence-electron chi connectivity index (χ3n) is 4.32. The van der Waals surface area contributed by atoms with Crippen LogP contribution in [0, 0.1) is 5.92 Å². The molecule has 0 radical (unpaired) electrons. The molecule has 4 nitrogen and oxygen atoms in total. The standard InChI is InChI=1S/C14H23N3O/c1-2-17-10-13(9-15-17)16-12-6-7-18-14(8-12)11-4-3-5-11/h9-12,14,16H,2-8H2,1H3. The van der Waals surface area contributed by atoms with Gasteiger partial charge in [0, 0.05) is 25.4 Å². The Bertz CT molecular complexity index is 386. The summed E-state index contributed by atoms with van der Waals surface area (Å²) in [5.41, 5.74) is 1.15. The number of nitrogens with zero attached hydrogens (tertiary/aromatic N) is 2. The van der Waals surface area contributed by atoms with Crippen molar-refractivity contribution in [2.24, 2.45) is 5.92 Å². The van der Waals surface area contributed by atoms with E-state index in [4.69, 9.17) is 4.74 Å². The summed E-state index contributed by atoms with van der Waals surface area (Å²) >= 11 is 0. The number of aromatic nitrogens is 2. The van der Waals surface area contributed by atoms with Crippen molar-refractivity contribution in [2.45, 2.75) is 57.7 Å². The van der Waals surface area contributed by atoms with E-state index in [1.165, 1.54) is 19.3 Å². The second kappa shape index (κ2) is 5.31. The maximum absolute atomic E-state index is 5.92. The lowest BCUT2D eigenvalue weighted by atomic mass is 9.78. The number of hydrogen-bond donors (Lipinski definition) is 1. The topological polar surface area (TPSA) is 39.1 Å². The largest absolute Gasteiger partial charge is 0.380 e. The van der Waals surface area contributed by atoms with Gasteiger partial charge in [-0.15, -0.1) is 0 Å². The van der Waals surface area contributed by atoms with Gasteiger partial charge in [0.05, 0.1) is 18.0 Å². The van der Waals surface area contributed by atoms with Crippen LogP contribution in [0.5, 0.6) is 0 Å². The first-order chi connectivity index (χ1) is 8.85. The lowest BCUT2D eigenvalue weighted by Gasteiger charge is -2.39. The van der Waals surface area contributed by atoms with Gasteiger partial charge in [-0.1, -0.05) is 6.42 Å². The highest BCUT2D eigenvalue weighted by Gasteiger charge is 2.32. The summed E-state index contributed by atoms with van der Waals surface area (Å²) in [6, 6.07) is 0.554. The van der Waals surface area contributed by atoms with E-state index in [0.717, 1.165) is 37.6 Å². The molecule has 2 atom stereocenters. The van der Waals surface area contributed by atoms with Crippen LogP contribution in [-0.2, 0) is 11.3 Å². The van der Waals surface area contributed by atoms with E-state index in [9.17, 15) is 0 Å². The van der Waals surface area contributed by atoms with Crippen molar-refractivity contribution in [2.75, 3.05) is 11.9 Å². The van der Waals surface area contributed by atoms with Gasteiger partial charge in [-0.2, -0.15) is 5.10 Å². The molecule has 1 saturated heterocycles. The highest BCUT2D eigenvalue weighted by molar-refractivity contribution is 5.39. The van der Waals surface area contributed by atoms with Crippen LogP contribution in [-0.4, -0.2) is 28.5 Å². The van der Waals surface area contributed by atoms with Gasteiger partial charge in [0.15, 0.2) is 0 Å². The molecule has 1 N–H and O–H groups in total. The average molecular weight is 249 g/mol. The Balaban J connectivity index is 1.55. The van der Waals surface area contributed by atoms with Crippen molar-refractivity contribution < 1.29 is 4.74 Å². The minimum Gasteiger partial charge on any atom is -0.380 e. The fraction of sp³-hybridized carbons (Fsp3) is 0.786. The number of nitrogens with one attached hydrogen (secondary N) is 1. The summed E-state index contributed by atoms with van der Waals surface area (Å²) < 4.78 is 7.88. The monoisotopic (exact) mass is 249 g/mol. The summed E-state index contributed by atoms with van der Waals surface area (Å²) in [5.74, 6) is 0.827. The second-order valence-corrected chi connectivity index (χ2v) is 5.55. The second-order valence-electron chi connectivity index (χ2n) is 5.55. The summed E-state index contributed by atoms with van der Waals surface area (Å²) in [6.45, 7) is 3.94. The van der Waals surface area contributed by atoms with E-state index < -0.39 is 0 Å². The SMILES string of the molecule is CCn1cc(NC2CCOC(C3CCC3)C2)cn1. The van der Waals surface area contributed by atoms with Gasteiger partial charge in [0.1, 0.15) is 0 Å². The highest BCUT2D eigenvalue weighted by atomic mass is 16.5. The number of anilines is 1. The van der Waals surface area contributed by atoms with Crippen LogP contribution in [0.3, 0.4) is 0 Å². The van der Waals surface area contributed by atoms with Crippen molar-refractivity contribution in [3.8, 4) is 0 Å². The van der Waals surface area contributed by atoms with E-state index >= 15 is 0 Å². The fourth-order valence-corrected chi connectivity index (χ4v) is 2.95. The molecule has 2 aliphatic rings. The van der Waals surface area contributed by atoms with Crippen LogP contribution in [0.1, 0.15) is 39.0 Å². The van der Waals surface area contributed by atoms with Crippen LogP contribution in [0.25, 0.3) is 0 Å². The first-order valence-corrected chi connectivity index (χ1v) is 7.25. The predicted octanol–water partition coefficient (Wildman–Crippen LogP) is 2.66. The zero-order chi connectivity index (χ0) is 12.4. The molecular weight excluding hydrogens is 226 g/mol. The molecule has 1 aromatic heterocycles. The van der Waals surface area contributed by atoms with Crippen LogP contribution < -0.4 is 5.32 Å². The Labute approximate surface area is 109 Å². The zero-order valence-electron chi connectivity index (χ0n) is 11.1. The van der Waals surface area contributed by atoms with Crippen LogP contribution in [0.2, 0.25) is 0 Å². The maximum Gasteiger partial charge on any atom is 0.0728 e. The van der Waals surface area contributed by atoms with E-state index in [0.29, 0.717) is 12.1 Å². The van der Waals surface area contributed by atoms with Crippen LogP contribution in [0.15, 0.2) is 12.4 Å². The first kappa shape index (κ1) is 12.0. The molecule has 1 saturated carbocycles. The van der Waals surface area contributed by atoms with Gasteiger partial charge in [0.25, 0.3) is 0 Å². The summed E-state index contributed by atoms with van der Waals surface area (Å²) in [4.78, 5) is 0. The van der Waals surface area contributed by atoms with Gasteiger partial charge < -0.3 is 10.1 Å². The number of rotatable bonds is 4. The van der Waals surface area contributed by atoms with E-state index in [-0.39, 0.29) is 0 Å². The summed E-state index contributed by atoms with van der Waals surface area (Å²) in [7, 11) is 0. The van der Waals surface area contributed by atoms with Crippen molar-refractivity contribution in [1.29, 1.82) is 0 Å². The Morgan fingerprint density at radius 3 is 3.00 bits per heavy atom. The van der Waals surface area contributed by atoms with Gasteiger partial charge in [-0.05, 0) is 38.5 Å². The van der Waals surface area contributed by atoms with Gasteiger partial charge in [-0.3, -0.25) is 4.68 Å². The Kier molecular flexibility index (Phi) is 3.55. The molecule has 2 heterocycles. The van der Waals surface area contributed by atoms with Crippen molar-refractivity contribution >= 4 is 5.69 Å². The van der Waals surface area contributed by atoms with Crippen molar-refractivity contribution in [3.63, 3.8) is 0 Å². The third-order valence-corrected chi connectivity index (χ3v) is 4.32. The molecule has 0 spiro atoms. The molecule has 18 heavy (non-hydrogen) atoms. The fourth-order valence-electron chi connectivity index (χ4n) is 2.95. The van der Waals surface area contributed by atoms with Crippen molar-refractivity contribution in [1.82, 2.24) is 9.78 Å². The zero-order valence-corrected chi connectivity index (χ0v) is 11.1. The van der Waals surface area contributed by atoms with Gasteiger partial charge >= 0.3 is 0 Å². The molecular formula is C14H23N3O. The molecule has 0 amide bonds. The molecule has 1 aromatic rings. The summed E-state index contributed by atoms with van der Waals surface area (Å²) in [6.07, 6.45) is 10.9. The molecule has 2 fully saturated rings. The number of aryl methyl sites for hydroxylation is 1. The molecule has 2 unspecified atom stereocenters. The molecule has 1 aliphatic carbocycles. The van der Waals surface area contributed by atoms with E-state index in [1.807, 2.05) is 10.9 Å². The van der Waals surface area contributed by atoms with E-state index in [2.05, 4.69) is 23.5 Å². The lowest BCUT2D eigenvalue weighted by molar-refractivity contribution is -0.0462. The summed E-state index contributed by atoms with van der Waals surface area (Å²) in [5, 5.41) is 7.91. The number of hydrogen-bond acceptors (Lipinski definition) is 3. The van der Waals surface area contributed by atoms with Crippen LogP contribution in [0.4, 0.5) is 5.69 Å². The van der Waals surface area contributed by atoms with Crippen molar-refractivity contribution in [3.05, 3.63) is 12.4 Å². The Morgan fingerprint density at radius 1 is 1.44 bits per heavy atom. The average Bonchev–Trinajstić information content (AvgIpc) is 2.75. The van der Waals surface area contributed by atoms with Gasteiger partial charge in [-0.25, -0.2) is 0 Å². The lowest BCUT2D eigenvalue weighted by Crippen LogP contribution is -2.40. The molecule has 1 aliphatic heterocycles. The smallest absolute Gasteiger partial charge is 0.0728 e. The molecule has 100 valence electrons. The molecule has 3 rings (SSSR count). The number of ether oxygens (including phenoxy) is 1. The highest BCUT2D eigenvalue weighted by Crippen LogP contribution is 2.35.